The second-order valence-electron chi connectivity index (χ2n) is 6.82. The quantitative estimate of drug-likeness (QED) is 0.374. The summed E-state index contributed by atoms with van der Waals surface area (Å²) in [5.74, 6) is 0.874. The molecule has 3 aromatic rings. The van der Waals surface area contributed by atoms with Gasteiger partial charge in [-0.25, -0.2) is 0 Å². The molecular formula is C24H27N3O5. The zero-order valence-corrected chi connectivity index (χ0v) is 17.9. The monoisotopic (exact) mass is 437 g/mol. The van der Waals surface area contributed by atoms with E-state index in [1.165, 1.54) is 0 Å². The Morgan fingerprint density at radius 1 is 0.969 bits per heavy atom. The first kappa shape index (κ1) is 22.9. The Morgan fingerprint density at radius 3 is 2.62 bits per heavy atom. The highest BCUT2D eigenvalue weighted by atomic mass is 16.5. The molecule has 168 valence electrons. The van der Waals surface area contributed by atoms with Crippen LogP contribution in [0.25, 0.3) is 0 Å². The fourth-order valence-corrected chi connectivity index (χ4v) is 2.87. The third-order valence-electron chi connectivity index (χ3n) is 4.40. The minimum atomic E-state index is -0.253. The van der Waals surface area contributed by atoms with Crippen LogP contribution in [0.4, 0.5) is 11.4 Å². The Morgan fingerprint density at radius 2 is 1.81 bits per heavy atom. The number of amides is 2. The van der Waals surface area contributed by atoms with Crippen LogP contribution in [-0.4, -0.2) is 38.2 Å². The van der Waals surface area contributed by atoms with Gasteiger partial charge in [0.1, 0.15) is 18.1 Å². The van der Waals surface area contributed by atoms with Crippen molar-refractivity contribution in [2.75, 3.05) is 37.0 Å². The third-order valence-corrected chi connectivity index (χ3v) is 4.40. The third kappa shape index (κ3) is 7.48. The van der Waals surface area contributed by atoms with Gasteiger partial charge in [0.05, 0.1) is 26.0 Å². The number of carbonyl (C=O) groups excluding carboxylic acids is 2. The van der Waals surface area contributed by atoms with Crippen molar-refractivity contribution in [1.82, 2.24) is 5.32 Å². The molecule has 0 saturated carbocycles. The van der Waals surface area contributed by atoms with Crippen LogP contribution in [0, 0.1) is 0 Å². The van der Waals surface area contributed by atoms with Gasteiger partial charge < -0.3 is 29.8 Å². The summed E-state index contributed by atoms with van der Waals surface area (Å²) in [7, 11) is 0. The number of hydrogen-bond donors (Lipinski definition) is 3. The lowest BCUT2D eigenvalue weighted by Gasteiger charge is -2.11. The number of carbonyl (C=O) groups is 2. The van der Waals surface area contributed by atoms with Gasteiger partial charge in [0, 0.05) is 29.6 Å². The highest BCUT2D eigenvalue weighted by Crippen LogP contribution is 2.17. The number of furan rings is 1. The van der Waals surface area contributed by atoms with Crippen molar-refractivity contribution in [2.24, 2.45) is 0 Å². The van der Waals surface area contributed by atoms with Gasteiger partial charge in [-0.15, -0.1) is 0 Å². The lowest BCUT2D eigenvalue weighted by Crippen LogP contribution is -2.24. The van der Waals surface area contributed by atoms with Crippen LogP contribution in [0.5, 0.6) is 5.75 Å². The Labute approximate surface area is 186 Å². The molecule has 0 radical (unpaired) electrons. The highest BCUT2D eigenvalue weighted by molar-refractivity contribution is 5.98. The lowest BCUT2D eigenvalue weighted by atomic mass is 10.2. The molecule has 8 heteroatoms. The van der Waals surface area contributed by atoms with Crippen LogP contribution in [0.2, 0.25) is 0 Å². The molecule has 0 aliphatic heterocycles. The predicted octanol–water partition coefficient (Wildman–Crippen LogP) is 3.68. The van der Waals surface area contributed by atoms with Gasteiger partial charge in [0.25, 0.3) is 5.91 Å². The van der Waals surface area contributed by atoms with E-state index in [1.807, 2.05) is 31.2 Å². The zero-order chi connectivity index (χ0) is 22.6. The van der Waals surface area contributed by atoms with E-state index in [0.29, 0.717) is 49.1 Å². The van der Waals surface area contributed by atoms with Gasteiger partial charge in [-0.05, 0) is 49.4 Å². The first-order chi connectivity index (χ1) is 15.6. The molecule has 0 aliphatic rings. The van der Waals surface area contributed by atoms with Crippen molar-refractivity contribution in [2.45, 2.75) is 13.5 Å². The van der Waals surface area contributed by atoms with Crippen LogP contribution in [0.15, 0.2) is 71.3 Å². The van der Waals surface area contributed by atoms with Crippen molar-refractivity contribution < 1.29 is 23.5 Å². The van der Waals surface area contributed by atoms with Gasteiger partial charge in [0.15, 0.2) is 0 Å². The number of anilines is 2. The number of ether oxygens (including phenoxy) is 2. The molecule has 0 fully saturated rings. The van der Waals surface area contributed by atoms with Crippen molar-refractivity contribution >= 4 is 23.2 Å². The van der Waals surface area contributed by atoms with Gasteiger partial charge in [-0.3, -0.25) is 9.59 Å². The zero-order valence-electron chi connectivity index (χ0n) is 17.9. The molecule has 0 spiro atoms. The molecule has 32 heavy (non-hydrogen) atoms. The minimum Gasteiger partial charge on any atom is -0.491 e. The maximum absolute atomic E-state index is 12.3. The smallest absolute Gasteiger partial charge is 0.251 e. The number of hydrogen-bond acceptors (Lipinski definition) is 6. The van der Waals surface area contributed by atoms with E-state index in [2.05, 4.69) is 16.0 Å². The normalized spacial score (nSPS) is 10.4. The van der Waals surface area contributed by atoms with E-state index >= 15 is 0 Å². The summed E-state index contributed by atoms with van der Waals surface area (Å²) >= 11 is 0. The maximum Gasteiger partial charge on any atom is 0.251 e. The van der Waals surface area contributed by atoms with Crippen LogP contribution in [0.3, 0.4) is 0 Å². The molecule has 2 aromatic carbocycles. The fraction of sp³-hybridized carbons (Fsp3) is 0.250. The van der Waals surface area contributed by atoms with E-state index in [1.54, 1.807) is 42.7 Å². The molecule has 3 rings (SSSR count). The largest absolute Gasteiger partial charge is 0.491 e. The van der Waals surface area contributed by atoms with E-state index in [-0.39, 0.29) is 18.4 Å². The molecule has 0 saturated heterocycles. The van der Waals surface area contributed by atoms with E-state index in [0.717, 1.165) is 5.69 Å². The van der Waals surface area contributed by atoms with E-state index in [9.17, 15) is 9.59 Å². The van der Waals surface area contributed by atoms with E-state index < -0.39 is 0 Å². The topological polar surface area (TPSA) is 102 Å². The molecule has 1 aromatic heterocycles. The van der Waals surface area contributed by atoms with Crippen LogP contribution in [0.1, 0.15) is 23.0 Å². The van der Waals surface area contributed by atoms with Gasteiger partial charge in [-0.1, -0.05) is 12.1 Å². The van der Waals surface area contributed by atoms with Gasteiger partial charge in [-0.2, -0.15) is 0 Å². The number of nitrogens with one attached hydrogen (secondary N) is 3. The van der Waals surface area contributed by atoms with Crippen molar-refractivity contribution in [1.29, 1.82) is 0 Å². The molecule has 0 unspecified atom stereocenters. The average Bonchev–Trinajstić information content (AvgIpc) is 3.33. The van der Waals surface area contributed by atoms with Crippen molar-refractivity contribution in [3.63, 3.8) is 0 Å². The van der Waals surface area contributed by atoms with E-state index in [4.69, 9.17) is 13.9 Å². The fourth-order valence-electron chi connectivity index (χ4n) is 2.87. The Bertz CT molecular complexity index is 1000. The first-order valence-corrected chi connectivity index (χ1v) is 10.4. The van der Waals surface area contributed by atoms with Gasteiger partial charge >= 0.3 is 0 Å². The minimum absolute atomic E-state index is 0.0668. The molecule has 0 aliphatic carbocycles. The Kier molecular flexibility index (Phi) is 8.70. The highest BCUT2D eigenvalue weighted by Gasteiger charge is 2.09. The average molecular weight is 437 g/mol. The maximum atomic E-state index is 12.3. The second-order valence-corrected chi connectivity index (χ2v) is 6.82. The number of rotatable bonds is 12. The van der Waals surface area contributed by atoms with Crippen molar-refractivity contribution in [3.05, 3.63) is 78.3 Å². The summed E-state index contributed by atoms with van der Waals surface area (Å²) in [4.78, 5) is 24.7. The Balaban J connectivity index is 1.46. The molecule has 2 amide bonds. The summed E-state index contributed by atoms with van der Waals surface area (Å²) < 4.78 is 16.1. The van der Waals surface area contributed by atoms with Crippen LogP contribution in [-0.2, 0) is 16.1 Å². The summed E-state index contributed by atoms with van der Waals surface area (Å²) in [6, 6.07) is 17.7. The molecular weight excluding hydrogens is 410 g/mol. The van der Waals surface area contributed by atoms with Gasteiger partial charge in [0.2, 0.25) is 5.91 Å². The van der Waals surface area contributed by atoms with Crippen LogP contribution < -0.4 is 20.7 Å². The summed E-state index contributed by atoms with van der Waals surface area (Å²) in [5, 5.41) is 8.64. The summed E-state index contributed by atoms with van der Waals surface area (Å²) in [6.45, 7) is 3.93. The molecule has 3 N–H and O–H groups in total. The SMILES string of the molecule is CCOCCOc1cccc(NCC(=O)Nc2cccc(C(=O)NCc3ccco3)c2)c1. The molecule has 0 atom stereocenters. The summed E-state index contributed by atoms with van der Waals surface area (Å²) in [6.07, 6.45) is 1.55. The predicted molar refractivity (Wildman–Crippen MR) is 122 cm³/mol. The summed E-state index contributed by atoms with van der Waals surface area (Å²) in [5.41, 5.74) is 1.75. The Hall–Kier alpha value is -3.78. The second kappa shape index (κ2) is 12.2. The standard InChI is InChI=1S/C24H27N3O5/c1-2-30-12-13-32-21-9-4-7-19(15-21)25-17-23(28)27-20-8-3-6-18(14-20)24(29)26-16-22-10-5-11-31-22/h3-11,14-15,25H,2,12-13,16-17H2,1H3,(H,26,29)(H,27,28). The number of benzene rings is 2. The molecule has 1 heterocycles. The van der Waals surface area contributed by atoms with Crippen molar-refractivity contribution in [3.8, 4) is 5.75 Å². The lowest BCUT2D eigenvalue weighted by molar-refractivity contribution is -0.114. The molecule has 8 nitrogen and oxygen atoms in total. The molecule has 0 bridgehead atoms. The first-order valence-electron chi connectivity index (χ1n) is 10.4. The van der Waals surface area contributed by atoms with Crippen LogP contribution >= 0.6 is 0 Å².